The summed E-state index contributed by atoms with van der Waals surface area (Å²) in [4.78, 5) is 0. The Morgan fingerprint density at radius 2 is 1.71 bits per heavy atom. The average molecular weight is 196 g/mol. The van der Waals surface area contributed by atoms with Crippen molar-refractivity contribution in [3.8, 4) is 0 Å². The number of rotatable bonds is 4. The van der Waals surface area contributed by atoms with Crippen LogP contribution < -0.4 is 5.43 Å². The Kier molecular flexibility index (Phi) is 3.58. The van der Waals surface area contributed by atoms with Gasteiger partial charge in [-0.3, -0.25) is 4.68 Å². The van der Waals surface area contributed by atoms with Crippen LogP contribution in [0.15, 0.2) is 12.1 Å². The summed E-state index contributed by atoms with van der Waals surface area (Å²) in [7, 11) is 1.73. The highest BCUT2D eigenvalue weighted by molar-refractivity contribution is 5.15. The number of hydrogen-bond acceptors (Lipinski definition) is 2. The van der Waals surface area contributed by atoms with Crippen LogP contribution in [0.3, 0.4) is 0 Å². The third-order valence-corrected chi connectivity index (χ3v) is 2.68. The number of nitrogens with zero attached hydrogens (tertiary/aromatic N) is 1. The second-order valence-corrected chi connectivity index (χ2v) is 3.81. The Bertz CT molecular complexity index is 274. The van der Waals surface area contributed by atoms with Crippen molar-refractivity contribution in [1.29, 1.82) is 0 Å². The number of aryl methyl sites for hydroxylation is 2. The van der Waals surface area contributed by atoms with E-state index in [-0.39, 0.29) is 6.10 Å². The lowest BCUT2D eigenvalue weighted by molar-refractivity contribution is 0.102. The Balaban J connectivity index is 2.68. The highest BCUT2D eigenvalue weighted by Crippen LogP contribution is 2.07. The predicted octanol–water partition coefficient (Wildman–Crippen LogP) is 2.07. The minimum Gasteiger partial charge on any atom is -0.380 e. The number of methoxy groups -OCH3 is 1. The largest absolute Gasteiger partial charge is 0.380 e. The van der Waals surface area contributed by atoms with Crippen molar-refractivity contribution in [3.63, 3.8) is 0 Å². The molecule has 0 aliphatic heterocycles. The van der Waals surface area contributed by atoms with E-state index in [2.05, 4.69) is 49.9 Å². The van der Waals surface area contributed by atoms with Crippen molar-refractivity contribution in [1.82, 2.24) is 4.68 Å². The molecule has 0 aliphatic carbocycles. The molecule has 1 rings (SSSR count). The van der Waals surface area contributed by atoms with Gasteiger partial charge in [-0.05, 0) is 39.8 Å². The van der Waals surface area contributed by atoms with Crippen LogP contribution in [0.1, 0.15) is 25.2 Å². The van der Waals surface area contributed by atoms with Gasteiger partial charge >= 0.3 is 0 Å². The zero-order chi connectivity index (χ0) is 10.7. The van der Waals surface area contributed by atoms with Crippen molar-refractivity contribution in [3.05, 3.63) is 23.5 Å². The van der Waals surface area contributed by atoms with Gasteiger partial charge in [0.25, 0.3) is 0 Å². The van der Waals surface area contributed by atoms with Gasteiger partial charge in [-0.2, -0.15) is 0 Å². The van der Waals surface area contributed by atoms with E-state index in [1.165, 1.54) is 11.4 Å². The molecule has 0 saturated heterocycles. The maximum absolute atomic E-state index is 5.26. The normalized spacial score (nSPS) is 15.2. The van der Waals surface area contributed by atoms with Gasteiger partial charge in [-0.1, -0.05) is 0 Å². The van der Waals surface area contributed by atoms with Crippen molar-refractivity contribution in [2.24, 2.45) is 0 Å². The maximum atomic E-state index is 5.26. The standard InChI is InChI=1S/C11H20N2O/c1-8-6-7-9(2)13(8)12-10(3)11(4)14-5/h6-7,10-12H,1-5H3. The summed E-state index contributed by atoms with van der Waals surface area (Å²) in [6, 6.07) is 4.50. The summed E-state index contributed by atoms with van der Waals surface area (Å²) in [6.07, 6.45) is 0.205. The minimum atomic E-state index is 0.205. The van der Waals surface area contributed by atoms with Crippen molar-refractivity contribution in [2.45, 2.75) is 39.8 Å². The molecule has 1 aromatic heterocycles. The fourth-order valence-electron chi connectivity index (χ4n) is 1.38. The highest BCUT2D eigenvalue weighted by atomic mass is 16.5. The molecule has 1 N–H and O–H groups in total. The summed E-state index contributed by atoms with van der Waals surface area (Å²) in [5.74, 6) is 0. The summed E-state index contributed by atoms with van der Waals surface area (Å²) < 4.78 is 7.36. The first-order valence-corrected chi connectivity index (χ1v) is 5.00. The Morgan fingerprint density at radius 3 is 2.14 bits per heavy atom. The van der Waals surface area contributed by atoms with E-state index in [1.54, 1.807) is 7.11 Å². The van der Waals surface area contributed by atoms with E-state index >= 15 is 0 Å². The lowest BCUT2D eigenvalue weighted by Crippen LogP contribution is -2.36. The Morgan fingerprint density at radius 1 is 1.21 bits per heavy atom. The fourth-order valence-corrected chi connectivity index (χ4v) is 1.38. The number of aromatic nitrogens is 1. The van der Waals surface area contributed by atoms with Crippen molar-refractivity contribution >= 4 is 0 Å². The molecule has 0 bridgehead atoms. The average Bonchev–Trinajstić information content (AvgIpc) is 2.48. The lowest BCUT2D eigenvalue weighted by Gasteiger charge is -2.23. The van der Waals surface area contributed by atoms with Gasteiger partial charge in [0, 0.05) is 18.5 Å². The van der Waals surface area contributed by atoms with E-state index in [1.807, 2.05) is 0 Å². The maximum Gasteiger partial charge on any atom is 0.0757 e. The van der Waals surface area contributed by atoms with E-state index in [9.17, 15) is 0 Å². The van der Waals surface area contributed by atoms with E-state index < -0.39 is 0 Å². The summed E-state index contributed by atoms with van der Waals surface area (Å²) in [5.41, 5.74) is 5.84. The van der Waals surface area contributed by atoms with Crippen LogP contribution in [0.25, 0.3) is 0 Å². The number of nitrogens with one attached hydrogen (secondary N) is 1. The van der Waals surface area contributed by atoms with Crippen molar-refractivity contribution < 1.29 is 4.74 Å². The van der Waals surface area contributed by atoms with Crippen LogP contribution in [0.5, 0.6) is 0 Å². The molecule has 2 atom stereocenters. The van der Waals surface area contributed by atoms with E-state index in [0.717, 1.165) is 0 Å². The van der Waals surface area contributed by atoms with Crippen LogP contribution in [0.4, 0.5) is 0 Å². The predicted molar refractivity (Wildman–Crippen MR) is 59.2 cm³/mol. The monoisotopic (exact) mass is 196 g/mol. The molecule has 0 fully saturated rings. The fraction of sp³-hybridized carbons (Fsp3) is 0.636. The van der Waals surface area contributed by atoms with Gasteiger partial charge in [-0.25, -0.2) is 0 Å². The van der Waals surface area contributed by atoms with E-state index in [0.29, 0.717) is 6.04 Å². The summed E-state index contributed by atoms with van der Waals surface area (Å²) >= 11 is 0. The second kappa shape index (κ2) is 4.51. The molecule has 3 nitrogen and oxygen atoms in total. The van der Waals surface area contributed by atoms with Gasteiger partial charge in [0.2, 0.25) is 0 Å². The first-order chi connectivity index (χ1) is 6.56. The molecule has 1 heterocycles. The van der Waals surface area contributed by atoms with Gasteiger partial charge in [0.05, 0.1) is 12.1 Å². The third kappa shape index (κ3) is 2.29. The van der Waals surface area contributed by atoms with Crippen LogP contribution in [-0.2, 0) is 4.74 Å². The quantitative estimate of drug-likeness (QED) is 0.798. The zero-order valence-electron chi connectivity index (χ0n) is 9.66. The minimum absolute atomic E-state index is 0.205. The molecule has 0 spiro atoms. The van der Waals surface area contributed by atoms with Gasteiger partial charge in [0.1, 0.15) is 0 Å². The molecule has 0 aliphatic rings. The van der Waals surface area contributed by atoms with E-state index in [4.69, 9.17) is 4.74 Å². The van der Waals surface area contributed by atoms with Crippen LogP contribution in [0, 0.1) is 13.8 Å². The zero-order valence-corrected chi connectivity index (χ0v) is 9.66. The molecule has 0 amide bonds. The molecular weight excluding hydrogens is 176 g/mol. The smallest absolute Gasteiger partial charge is 0.0757 e. The molecule has 3 heteroatoms. The number of hydrogen-bond donors (Lipinski definition) is 1. The highest BCUT2D eigenvalue weighted by Gasteiger charge is 2.11. The van der Waals surface area contributed by atoms with Crippen LogP contribution >= 0.6 is 0 Å². The summed E-state index contributed by atoms with van der Waals surface area (Å²) in [6.45, 7) is 8.35. The molecule has 0 saturated carbocycles. The molecule has 80 valence electrons. The molecule has 14 heavy (non-hydrogen) atoms. The molecule has 0 radical (unpaired) electrons. The molecule has 0 aromatic carbocycles. The lowest BCUT2D eigenvalue weighted by atomic mass is 10.2. The van der Waals surface area contributed by atoms with Crippen LogP contribution in [0.2, 0.25) is 0 Å². The number of ether oxygens (including phenoxy) is 1. The van der Waals surface area contributed by atoms with Crippen LogP contribution in [-0.4, -0.2) is 23.9 Å². The third-order valence-electron chi connectivity index (χ3n) is 2.68. The van der Waals surface area contributed by atoms with Gasteiger partial charge in [-0.15, -0.1) is 0 Å². The first kappa shape index (κ1) is 11.1. The van der Waals surface area contributed by atoms with Gasteiger partial charge in [0.15, 0.2) is 0 Å². The first-order valence-electron chi connectivity index (χ1n) is 5.00. The topological polar surface area (TPSA) is 26.2 Å². The van der Waals surface area contributed by atoms with Crippen molar-refractivity contribution in [2.75, 3.05) is 12.5 Å². The van der Waals surface area contributed by atoms with Gasteiger partial charge < -0.3 is 10.2 Å². The Hall–Kier alpha value is -0.960. The second-order valence-electron chi connectivity index (χ2n) is 3.81. The summed E-state index contributed by atoms with van der Waals surface area (Å²) in [5, 5.41) is 0. The molecular formula is C11H20N2O. The Labute approximate surface area is 86.0 Å². The molecule has 1 aromatic rings. The SMILES string of the molecule is COC(C)C(C)Nn1c(C)ccc1C. The molecule has 2 unspecified atom stereocenters.